The number of sulfonamides is 1. The van der Waals surface area contributed by atoms with Gasteiger partial charge in [0.25, 0.3) is 5.91 Å². The van der Waals surface area contributed by atoms with E-state index in [1.54, 1.807) is 18.5 Å². The number of para-hydroxylation sites is 1. The number of benzene rings is 1. The van der Waals surface area contributed by atoms with Crippen LogP contribution in [0.3, 0.4) is 0 Å². The van der Waals surface area contributed by atoms with E-state index in [0.29, 0.717) is 24.5 Å². The Bertz CT molecular complexity index is 926. The van der Waals surface area contributed by atoms with Crippen molar-refractivity contribution >= 4 is 21.6 Å². The lowest BCUT2D eigenvalue weighted by molar-refractivity contribution is 0.101. The second-order valence-electron chi connectivity index (χ2n) is 6.77. The second kappa shape index (κ2) is 7.25. The van der Waals surface area contributed by atoms with Crippen LogP contribution in [0.25, 0.3) is 0 Å². The van der Waals surface area contributed by atoms with Crippen molar-refractivity contribution in [1.29, 1.82) is 0 Å². The monoisotopic (exact) mass is 375 g/mol. The Labute approximate surface area is 154 Å². The summed E-state index contributed by atoms with van der Waals surface area (Å²) in [7, 11) is -1.86. The summed E-state index contributed by atoms with van der Waals surface area (Å²) in [4.78, 5) is 12.9. The topological polar surface area (TPSA) is 71.4 Å². The number of rotatable bonds is 4. The van der Waals surface area contributed by atoms with Crippen LogP contribution in [0.5, 0.6) is 0 Å². The number of carbonyl (C=O) groups is 1. The van der Waals surface area contributed by atoms with Crippen molar-refractivity contribution in [2.24, 2.45) is 7.05 Å². The van der Waals surface area contributed by atoms with Gasteiger partial charge in [-0.15, -0.1) is 0 Å². The van der Waals surface area contributed by atoms with Gasteiger partial charge in [0.05, 0.1) is 0 Å². The Balaban J connectivity index is 1.92. The molecule has 2 aromatic rings. The van der Waals surface area contributed by atoms with Crippen molar-refractivity contribution < 1.29 is 13.2 Å². The minimum absolute atomic E-state index is 0.219. The number of piperidine rings is 1. The number of carbonyl (C=O) groups excluding carboxylic acids is 1. The van der Waals surface area contributed by atoms with Gasteiger partial charge < -0.3 is 9.88 Å². The molecule has 1 aliphatic rings. The maximum Gasteiger partial charge on any atom is 0.272 e. The lowest BCUT2D eigenvalue weighted by atomic mass is 10.2. The molecule has 1 saturated heterocycles. The number of amides is 1. The summed E-state index contributed by atoms with van der Waals surface area (Å²) in [6.45, 7) is 4.74. The first-order chi connectivity index (χ1) is 12.3. The van der Waals surface area contributed by atoms with Gasteiger partial charge in [-0.2, -0.15) is 4.31 Å². The maximum absolute atomic E-state index is 13.0. The molecule has 26 heavy (non-hydrogen) atoms. The van der Waals surface area contributed by atoms with Crippen LogP contribution in [0.2, 0.25) is 0 Å². The molecular weight excluding hydrogens is 350 g/mol. The van der Waals surface area contributed by atoms with Crippen LogP contribution in [-0.4, -0.2) is 36.3 Å². The largest absolute Gasteiger partial charge is 0.343 e. The van der Waals surface area contributed by atoms with Gasteiger partial charge in [-0.1, -0.05) is 24.6 Å². The molecular formula is C19H25N3O3S. The smallest absolute Gasteiger partial charge is 0.272 e. The van der Waals surface area contributed by atoms with Crippen LogP contribution in [0, 0.1) is 13.8 Å². The van der Waals surface area contributed by atoms with Crippen LogP contribution >= 0.6 is 0 Å². The van der Waals surface area contributed by atoms with E-state index in [4.69, 9.17) is 0 Å². The molecule has 0 spiro atoms. The number of aryl methyl sites for hydroxylation is 1. The molecule has 0 bridgehead atoms. The molecule has 1 N–H and O–H groups in total. The van der Waals surface area contributed by atoms with Crippen LogP contribution in [0.1, 0.15) is 41.0 Å². The van der Waals surface area contributed by atoms with Crippen LogP contribution in [-0.2, 0) is 17.1 Å². The minimum atomic E-state index is -3.58. The predicted octanol–water partition coefficient (Wildman–Crippen LogP) is 3.07. The average Bonchev–Trinajstić information content (AvgIpc) is 2.94. The molecule has 0 radical (unpaired) electrons. The van der Waals surface area contributed by atoms with Gasteiger partial charge >= 0.3 is 0 Å². The summed E-state index contributed by atoms with van der Waals surface area (Å²) in [6.07, 6.45) is 2.82. The molecule has 0 atom stereocenters. The summed E-state index contributed by atoms with van der Waals surface area (Å²) in [6, 6.07) is 8.99. The second-order valence-corrected chi connectivity index (χ2v) is 8.68. The molecule has 2 heterocycles. The van der Waals surface area contributed by atoms with Crippen LogP contribution < -0.4 is 5.32 Å². The molecule has 1 aliphatic heterocycles. The first kappa shape index (κ1) is 18.7. The van der Waals surface area contributed by atoms with E-state index in [9.17, 15) is 13.2 Å². The number of anilines is 1. The van der Waals surface area contributed by atoms with Crippen LogP contribution in [0.4, 0.5) is 5.69 Å². The van der Waals surface area contributed by atoms with Gasteiger partial charge in [-0.25, -0.2) is 8.42 Å². The number of nitrogens with zero attached hydrogens (tertiary/aromatic N) is 2. The molecule has 1 fully saturated rings. The first-order valence-corrected chi connectivity index (χ1v) is 10.3. The first-order valence-electron chi connectivity index (χ1n) is 8.86. The van der Waals surface area contributed by atoms with E-state index in [2.05, 4.69) is 5.32 Å². The molecule has 1 aromatic carbocycles. The van der Waals surface area contributed by atoms with E-state index in [-0.39, 0.29) is 10.8 Å². The number of hydrogen-bond donors (Lipinski definition) is 1. The Hall–Kier alpha value is -2.12. The molecule has 6 nitrogen and oxygen atoms in total. The standard InChI is InChI=1S/C19H25N3O3S/c1-14-9-5-6-10-16(14)20-19(23)17-13-18(15(2)21(17)3)26(24,25)22-11-7-4-8-12-22/h5-6,9-10,13H,4,7-8,11-12H2,1-3H3,(H,20,23). The number of aromatic nitrogens is 1. The highest BCUT2D eigenvalue weighted by Gasteiger charge is 2.30. The SMILES string of the molecule is Cc1ccccc1NC(=O)c1cc(S(=O)(=O)N2CCCCC2)c(C)n1C. The Kier molecular flexibility index (Phi) is 5.20. The van der Waals surface area contributed by atoms with E-state index in [0.717, 1.165) is 30.5 Å². The van der Waals surface area contributed by atoms with Gasteiger partial charge in [-0.3, -0.25) is 4.79 Å². The van der Waals surface area contributed by atoms with Gasteiger partial charge in [0, 0.05) is 31.5 Å². The van der Waals surface area contributed by atoms with Gasteiger partial charge in [-0.05, 0) is 44.4 Å². The fourth-order valence-corrected chi connectivity index (χ4v) is 5.08. The predicted molar refractivity (Wildman–Crippen MR) is 102 cm³/mol. The van der Waals surface area contributed by atoms with E-state index >= 15 is 0 Å². The van der Waals surface area contributed by atoms with E-state index in [1.165, 1.54) is 10.4 Å². The fourth-order valence-electron chi connectivity index (χ4n) is 3.29. The average molecular weight is 375 g/mol. The Morgan fingerprint density at radius 2 is 1.73 bits per heavy atom. The van der Waals surface area contributed by atoms with Gasteiger partial charge in [0.1, 0.15) is 10.6 Å². The molecule has 3 rings (SSSR count). The lowest BCUT2D eigenvalue weighted by Gasteiger charge is -2.25. The number of hydrogen-bond acceptors (Lipinski definition) is 3. The molecule has 0 unspecified atom stereocenters. The third-order valence-corrected chi connectivity index (χ3v) is 7.06. The third-order valence-electron chi connectivity index (χ3n) is 5.05. The number of nitrogens with one attached hydrogen (secondary N) is 1. The Morgan fingerprint density at radius 1 is 1.08 bits per heavy atom. The molecule has 0 saturated carbocycles. The van der Waals surface area contributed by atoms with E-state index in [1.807, 2.05) is 31.2 Å². The summed E-state index contributed by atoms with van der Waals surface area (Å²) < 4.78 is 29.2. The zero-order valence-corrected chi connectivity index (χ0v) is 16.3. The van der Waals surface area contributed by atoms with Gasteiger partial charge in [0.2, 0.25) is 10.0 Å². The highest BCUT2D eigenvalue weighted by Crippen LogP contribution is 2.26. The normalized spacial score (nSPS) is 15.8. The fraction of sp³-hybridized carbons (Fsp3) is 0.421. The maximum atomic E-state index is 13.0. The zero-order chi connectivity index (χ0) is 18.9. The summed E-state index contributed by atoms with van der Waals surface area (Å²) in [5, 5.41) is 2.87. The summed E-state index contributed by atoms with van der Waals surface area (Å²) in [5.74, 6) is -0.315. The van der Waals surface area contributed by atoms with Crippen molar-refractivity contribution in [1.82, 2.24) is 8.87 Å². The van der Waals surface area contributed by atoms with Crippen molar-refractivity contribution in [3.63, 3.8) is 0 Å². The molecule has 0 aliphatic carbocycles. The van der Waals surface area contributed by atoms with Gasteiger partial charge in [0.15, 0.2) is 0 Å². The zero-order valence-electron chi connectivity index (χ0n) is 15.4. The molecule has 7 heteroatoms. The Morgan fingerprint density at radius 3 is 2.38 bits per heavy atom. The van der Waals surface area contributed by atoms with Crippen LogP contribution in [0.15, 0.2) is 35.2 Å². The van der Waals surface area contributed by atoms with Crippen molar-refractivity contribution in [3.05, 3.63) is 47.3 Å². The molecule has 1 amide bonds. The lowest BCUT2D eigenvalue weighted by Crippen LogP contribution is -2.35. The highest BCUT2D eigenvalue weighted by atomic mass is 32.2. The van der Waals surface area contributed by atoms with Crippen molar-refractivity contribution in [2.45, 2.75) is 38.0 Å². The summed E-state index contributed by atoms with van der Waals surface area (Å²) >= 11 is 0. The van der Waals surface area contributed by atoms with Crippen molar-refractivity contribution in [3.8, 4) is 0 Å². The summed E-state index contributed by atoms with van der Waals surface area (Å²) in [5.41, 5.74) is 2.58. The van der Waals surface area contributed by atoms with E-state index < -0.39 is 10.0 Å². The third kappa shape index (κ3) is 3.41. The highest BCUT2D eigenvalue weighted by molar-refractivity contribution is 7.89. The minimum Gasteiger partial charge on any atom is -0.343 e. The molecule has 1 aromatic heterocycles. The quantitative estimate of drug-likeness (QED) is 0.893. The molecule has 140 valence electrons. The van der Waals surface area contributed by atoms with Crippen molar-refractivity contribution in [2.75, 3.05) is 18.4 Å².